The topological polar surface area (TPSA) is 42.0 Å². The Hall–Kier alpha value is -2.13. The zero-order chi connectivity index (χ0) is 16.2. The first-order valence-electron chi connectivity index (χ1n) is 7.06. The highest BCUT2D eigenvalue weighted by atomic mass is 35.5. The number of nitrogens with zero attached hydrogens (tertiary/aromatic N) is 1. The average Bonchev–Trinajstić information content (AvgIpc) is 2.45. The second-order valence-corrected chi connectivity index (χ2v) is 6.49. The van der Waals surface area contributed by atoms with Crippen molar-refractivity contribution in [2.45, 2.75) is 26.2 Å². The van der Waals surface area contributed by atoms with Crippen LogP contribution in [0.1, 0.15) is 31.9 Å². The molecule has 2 rings (SSSR count). The van der Waals surface area contributed by atoms with Gasteiger partial charge < -0.3 is 5.32 Å². The molecule has 0 saturated heterocycles. The fraction of sp³-hybridized carbons (Fsp3) is 0.222. The lowest BCUT2D eigenvalue weighted by atomic mass is 9.87. The summed E-state index contributed by atoms with van der Waals surface area (Å²) in [5, 5.41) is 3.20. The molecular formula is C18H19ClN2O. The Morgan fingerprint density at radius 3 is 2.45 bits per heavy atom. The number of anilines is 1. The largest absolute Gasteiger partial charge is 0.307 e. The SMILES string of the molecule is CC(C)(C)c1ccc(/C=C/C(=O)Nc2cc(Cl)ccn2)cc1. The Bertz CT molecular complexity index is 685. The van der Waals surface area contributed by atoms with Crippen molar-refractivity contribution in [3.63, 3.8) is 0 Å². The highest BCUT2D eigenvalue weighted by molar-refractivity contribution is 6.30. The molecule has 114 valence electrons. The van der Waals surface area contributed by atoms with E-state index >= 15 is 0 Å². The van der Waals surface area contributed by atoms with Gasteiger partial charge in [0.2, 0.25) is 5.91 Å². The minimum absolute atomic E-state index is 0.123. The third-order valence-electron chi connectivity index (χ3n) is 3.18. The normalized spacial score (nSPS) is 11.6. The van der Waals surface area contributed by atoms with E-state index in [0.717, 1.165) is 5.56 Å². The number of amides is 1. The van der Waals surface area contributed by atoms with Crippen molar-refractivity contribution in [3.8, 4) is 0 Å². The highest BCUT2D eigenvalue weighted by Crippen LogP contribution is 2.22. The number of hydrogen-bond donors (Lipinski definition) is 1. The lowest BCUT2D eigenvalue weighted by Crippen LogP contribution is -2.10. The Morgan fingerprint density at radius 1 is 1.18 bits per heavy atom. The van der Waals surface area contributed by atoms with E-state index in [9.17, 15) is 4.79 Å². The molecule has 0 spiro atoms. The minimum atomic E-state index is -0.241. The minimum Gasteiger partial charge on any atom is -0.307 e. The van der Waals surface area contributed by atoms with Crippen LogP contribution in [0.4, 0.5) is 5.82 Å². The summed E-state index contributed by atoms with van der Waals surface area (Å²) in [5.41, 5.74) is 2.36. The first-order chi connectivity index (χ1) is 10.3. The highest BCUT2D eigenvalue weighted by Gasteiger charge is 2.12. The summed E-state index contributed by atoms with van der Waals surface area (Å²) in [6.45, 7) is 6.51. The van der Waals surface area contributed by atoms with Crippen LogP contribution in [0.5, 0.6) is 0 Å². The molecule has 0 bridgehead atoms. The predicted molar refractivity (Wildman–Crippen MR) is 92.1 cm³/mol. The number of carbonyl (C=O) groups is 1. The summed E-state index contributed by atoms with van der Waals surface area (Å²) in [7, 11) is 0. The lowest BCUT2D eigenvalue weighted by molar-refractivity contribution is -0.111. The Balaban J connectivity index is 2.00. The van der Waals surface area contributed by atoms with Gasteiger partial charge in [-0.05, 0) is 34.8 Å². The third-order valence-corrected chi connectivity index (χ3v) is 3.41. The van der Waals surface area contributed by atoms with Gasteiger partial charge in [0.25, 0.3) is 0 Å². The van der Waals surface area contributed by atoms with Crippen LogP contribution in [0, 0.1) is 0 Å². The van der Waals surface area contributed by atoms with Gasteiger partial charge in [0.1, 0.15) is 5.82 Å². The summed E-state index contributed by atoms with van der Waals surface area (Å²) in [6, 6.07) is 11.4. The van der Waals surface area contributed by atoms with Gasteiger partial charge in [0.15, 0.2) is 0 Å². The van der Waals surface area contributed by atoms with E-state index in [-0.39, 0.29) is 11.3 Å². The summed E-state index contributed by atoms with van der Waals surface area (Å²) < 4.78 is 0. The van der Waals surface area contributed by atoms with Crippen molar-refractivity contribution < 1.29 is 4.79 Å². The van der Waals surface area contributed by atoms with E-state index in [1.807, 2.05) is 12.1 Å². The number of carbonyl (C=O) groups excluding carboxylic acids is 1. The van der Waals surface area contributed by atoms with Gasteiger partial charge in [-0.3, -0.25) is 4.79 Å². The molecular weight excluding hydrogens is 296 g/mol. The smallest absolute Gasteiger partial charge is 0.249 e. The molecule has 1 aromatic carbocycles. The van der Waals surface area contributed by atoms with Crippen LogP contribution in [-0.2, 0) is 10.2 Å². The molecule has 1 heterocycles. The van der Waals surface area contributed by atoms with Crippen molar-refractivity contribution in [3.05, 3.63) is 64.8 Å². The summed E-state index contributed by atoms with van der Waals surface area (Å²) >= 11 is 5.84. The third kappa shape index (κ3) is 4.71. The number of halogens is 1. The molecule has 0 saturated carbocycles. The molecule has 0 fully saturated rings. The van der Waals surface area contributed by atoms with E-state index < -0.39 is 0 Å². The van der Waals surface area contributed by atoms with Crippen molar-refractivity contribution in [1.82, 2.24) is 4.98 Å². The number of aromatic nitrogens is 1. The first kappa shape index (κ1) is 16.2. The van der Waals surface area contributed by atoms with Crippen LogP contribution in [0.3, 0.4) is 0 Å². The molecule has 0 aliphatic heterocycles. The molecule has 4 heteroatoms. The van der Waals surface area contributed by atoms with Crippen molar-refractivity contribution in [2.75, 3.05) is 5.32 Å². The molecule has 22 heavy (non-hydrogen) atoms. The summed E-state index contributed by atoms with van der Waals surface area (Å²) in [4.78, 5) is 15.9. The first-order valence-corrected chi connectivity index (χ1v) is 7.43. The van der Waals surface area contributed by atoms with E-state index in [1.165, 1.54) is 11.6 Å². The molecule has 0 atom stereocenters. The number of rotatable bonds is 3. The molecule has 1 N–H and O–H groups in total. The second-order valence-electron chi connectivity index (χ2n) is 6.05. The monoisotopic (exact) mass is 314 g/mol. The Labute approximate surface area is 136 Å². The predicted octanol–water partition coefficient (Wildman–Crippen LogP) is 4.68. The molecule has 0 aliphatic rings. The molecule has 3 nitrogen and oxygen atoms in total. The van der Waals surface area contributed by atoms with Gasteiger partial charge >= 0.3 is 0 Å². The van der Waals surface area contributed by atoms with Gasteiger partial charge in [-0.2, -0.15) is 0 Å². The van der Waals surface area contributed by atoms with Gasteiger partial charge in [-0.15, -0.1) is 0 Å². The molecule has 0 radical (unpaired) electrons. The van der Waals surface area contributed by atoms with E-state index in [2.05, 4.69) is 43.2 Å². The number of hydrogen-bond acceptors (Lipinski definition) is 2. The lowest BCUT2D eigenvalue weighted by Gasteiger charge is -2.18. The van der Waals surface area contributed by atoms with Crippen LogP contribution >= 0.6 is 11.6 Å². The van der Waals surface area contributed by atoms with Crippen molar-refractivity contribution >= 4 is 29.4 Å². The number of nitrogens with one attached hydrogen (secondary N) is 1. The fourth-order valence-corrected chi connectivity index (χ4v) is 2.07. The van der Waals surface area contributed by atoms with Gasteiger partial charge in [-0.25, -0.2) is 4.98 Å². The summed E-state index contributed by atoms with van der Waals surface area (Å²) in [6.07, 6.45) is 4.80. The maximum atomic E-state index is 11.8. The quantitative estimate of drug-likeness (QED) is 0.835. The molecule has 0 aliphatic carbocycles. The van der Waals surface area contributed by atoms with Crippen LogP contribution in [-0.4, -0.2) is 10.9 Å². The molecule has 0 unspecified atom stereocenters. The molecule has 1 amide bonds. The maximum absolute atomic E-state index is 11.8. The number of pyridine rings is 1. The van der Waals surface area contributed by atoms with Crippen LogP contribution in [0.15, 0.2) is 48.7 Å². The fourth-order valence-electron chi connectivity index (χ4n) is 1.91. The Morgan fingerprint density at radius 2 is 1.86 bits per heavy atom. The van der Waals surface area contributed by atoms with E-state index in [0.29, 0.717) is 10.8 Å². The van der Waals surface area contributed by atoms with Crippen molar-refractivity contribution in [2.24, 2.45) is 0 Å². The van der Waals surface area contributed by atoms with Crippen LogP contribution < -0.4 is 5.32 Å². The van der Waals surface area contributed by atoms with Crippen LogP contribution in [0.25, 0.3) is 6.08 Å². The molecule has 1 aromatic heterocycles. The number of benzene rings is 1. The maximum Gasteiger partial charge on any atom is 0.249 e. The second kappa shape index (κ2) is 6.75. The standard InChI is InChI=1S/C18H19ClN2O/c1-18(2,3)14-7-4-13(5-8-14)6-9-17(22)21-16-12-15(19)10-11-20-16/h4-12H,1-3H3,(H,20,21,22)/b9-6+. The zero-order valence-corrected chi connectivity index (χ0v) is 13.7. The van der Waals surface area contributed by atoms with Gasteiger partial charge in [-0.1, -0.05) is 56.6 Å². The zero-order valence-electron chi connectivity index (χ0n) is 12.9. The van der Waals surface area contributed by atoms with Gasteiger partial charge in [0, 0.05) is 17.3 Å². The Kier molecular flexibility index (Phi) is 4.99. The van der Waals surface area contributed by atoms with Crippen LogP contribution in [0.2, 0.25) is 5.02 Å². The average molecular weight is 315 g/mol. The van der Waals surface area contributed by atoms with Gasteiger partial charge in [0.05, 0.1) is 0 Å². The van der Waals surface area contributed by atoms with E-state index in [4.69, 9.17) is 11.6 Å². The summed E-state index contributed by atoms with van der Waals surface area (Å²) in [5.74, 6) is 0.194. The van der Waals surface area contributed by atoms with E-state index in [1.54, 1.807) is 24.4 Å². The van der Waals surface area contributed by atoms with Crippen molar-refractivity contribution in [1.29, 1.82) is 0 Å². The molecule has 2 aromatic rings.